The van der Waals surface area contributed by atoms with E-state index in [1.54, 1.807) is 6.92 Å². The molecular formula is C17H19NO2. The quantitative estimate of drug-likeness (QED) is 0.906. The van der Waals surface area contributed by atoms with Crippen molar-refractivity contribution in [1.29, 1.82) is 0 Å². The molecule has 0 aliphatic heterocycles. The molecule has 0 aromatic heterocycles. The van der Waals surface area contributed by atoms with E-state index in [0.29, 0.717) is 0 Å². The Kier molecular flexibility index (Phi) is 4.91. The average Bonchev–Trinajstić information content (AvgIpc) is 2.53. The molecular weight excluding hydrogens is 250 g/mol. The maximum Gasteiger partial charge on any atom is 0.249 e. The zero-order valence-electron chi connectivity index (χ0n) is 11.7. The molecule has 3 nitrogen and oxygen atoms in total. The Morgan fingerprint density at radius 3 is 1.80 bits per heavy atom. The molecule has 1 unspecified atom stereocenters. The van der Waals surface area contributed by atoms with Crippen LogP contribution in [-0.2, 0) is 9.53 Å². The molecule has 0 fully saturated rings. The second-order valence-corrected chi connectivity index (χ2v) is 4.64. The normalized spacial score (nSPS) is 12.2. The number of carbonyl (C=O) groups excluding carboxylic acids is 1. The Balaban J connectivity index is 2.28. The summed E-state index contributed by atoms with van der Waals surface area (Å²) in [5, 5.41) is 3.04. The van der Waals surface area contributed by atoms with Crippen LogP contribution < -0.4 is 5.32 Å². The van der Waals surface area contributed by atoms with E-state index >= 15 is 0 Å². The number of hydrogen-bond acceptors (Lipinski definition) is 2. The smallest absolute Gasteiger partial charge is 0.249 e. The molecule has 1 amide bonds. The Labute approximate surface area is 119 Å². The first kappa shape index (κ1) is 14.3. The van der Waals surface area contributed by atoms with Crippen molar-refractivity contribution in [2.45, 2.75) is 19.1 Å². The predicted molar refractivity (Wildman–Crippen MR) is 79.3 cm³/mol. The molecule has 1 N–H and O–H groups in total. The molecule has 2 aromatic rings. The van der Waals surface area contributed by atoms with Gasteiger partial charge in [-0.25, -0.2) is 0 Å². The van der Waals surface area contributed by atoms with Gasteiger partial charge in [-0.05, 0) is 18.1 Å². The summed E-state index contributed by atoms with van der Waals surface area (Å²) in [5.74, 6) is -0.120. The highest BCUT2D eigenvalue weighted by Gasteiger charge is 2.19. The van der Waals surface area contributed by atoms with E-state index in [-0.39, 0.29) is 11.9 Å². The number of nitrogens with one attached hydrogen (secondary N) is 1. The lowest BCUT2D eigenvalue weighted by Gasteiger charge is -2.21. The molecule has 0 spiro atoms. The van der Waals surface area contributed by atoms with Gasteiger partial charge in [0, 0.05) is 7.11 Å². The molecule has 104 valence electrons. The molecule has 0 aliphatic rings. The third-order valence-corrected chi connectivity index (χ3v) is 3.28. The Bertz CT molecular complexity index is 500. The maximum atomic E-state index is 12.1. The van der Waals surface area contributed by atoms with E-state index in [9.17, 15) is 4.79 Å². The Morgan fingerprint density at radius 1 is 0.950 bits per heavy atom. The summed E-state index contributed by atoms with van der Waals surface area (Å²) < 4.78 is 5.07. The minimum absolute atomic E-state index is 0.120. The highest BCUT2D eigenvalue weighted by Crippen LogP contribution is 2.21. The van der Waals surface area contributed by atoms with E-state index in [1.165, 1.54) is 7.11 Å². The van der Waals surface area contributed by atoms with E-state index in [0.717, 1.165) is 11.1 Å². The van der Waals surface area contributed by atoms with Crippen molar-refractivity contribution >= 4 is 5.91 Å². The number of rotatable bonds is 5. The molecule has 0 bridgehead atoms. The van der Waals surface area contributed by atoms with Gasteiger partial charge in [0.25, 0.3) is 0 Å². The fourth-order valence-corrected chi connectivity index (χ4v) is 2.02. The van der Waals surface area contributed by atoms with Crippen LogP contribution in [0.25, 0.3) is 0 Å². The summed E-state index contributed by atoms with van der Waals surface area (Å²) in [5.41, 5.74) is 2.10. The first-order chi connectivity index (χ1) is 9.72. The molecule has 3 heteroatoms. The van der Waals surface area contributed by atoms with Crippen molar-refractivity contribution in [2.75, 3.05) is 7.11 Å². The standard InChI is InChI=1S/C17H19NO2/c1-13(20-2)17(19)18-16(14-9-5-3-6-10-14)15-11-7-4-8-12-15/h3-13,16H,1-2H3,(H,18,19). The lowest BCUT2D eigenvalue weighted by molar-refractivity contribution is -0.130. The predicted octanol–water partition coefficient (Wildman–Crippen LogP) is 2.93. The molecule has 0 heterocycles. The third kappa shape index (κ3) is 3.45. The molecule has 0 aliphatic carbocycles. The van der Waals surface area contributed by atoms with E-state index in [2.05, 4.69) is 5.32 Å². The number of methoxy groups -OCH3 is 1. The van der Waals surface area contributed by atoms with Crippen LogP contribution >= 0.6 is 0 Å². The number of amides is 1. The summed E-state index contributed by atoms with van der Waals surface area (Å²) in [6.45, 7) is 1.74. The first-order valence-electron chi connectivity index (χ1n) is 6.65. The summed E-state index contributed by atoms with van der Waals surface area (Å²) in [6.07, 6.45) is -0.468. The largest absolute Gasteiger partial charge is 0.372 e. The third-order valence-electron chi connectivity index (χ3n) is 3.28. The fourth-order valence-electron chi connectivity index (χ4n) is 2.02. The molecule has 1 atom stereocenters. The zero-order valence-corrected chi connectivity index (χ0v) is 11.7. The average molecular weight is 269 g/mol. The van der Waals surface area contributed by atoms with Gasteiger partial charge in [-0.15, -0.1) is 0 Å². The van der Waals surface area contributed by atoms with Crippen LogP contribution in [0.1, 0.15) is 24.1 Å². The second-order valence-electron chi connectivity index (χ2n) is 4.64. The van der Waals surface area contributed by atoms with Crippen LogP contribution in [0.4, 0.5) is 0 Å². The van der Waals surface area contributed by atoms with Crippen molar-refractivity contribution in [3.8, 4) is 0 Å². The lowest BCUT2D eigenvalue weighted by Crippen LogP contribution is -2.37. The van der Waals surface area contributed by atoms with Gasteiger partial charge >= 0.3 is 0 Å². The van der Waals surface area contributed by atoms with Crippen LogP contribution in [-0.4, -0.2) is 19.1 Å². The van der Waals surface area contributed by atoms with E-state index in [4.69, 9.17) is 4.74 Å². The van der Waals surface area contributed by atoms with Gasteiger partial charge < -0.3 is 10.1 Å². The van der Waals surface area contributed by atoms with Crippen LogP contribution in [0.3, 0.4) is 0 Å². The summed E-state index contributed by atoms with van der Waals surface area (Å²) >= 11 is 0. The number of benzene rings is 2. The van der Waals surface area contributed by atoms with Gasteiger partial charge in [0.15, 0.2) is 0 Å². The zero-order chi connectivity index (χ0) is 14.4. The molecule has 2 rings (SSSR count). The summed E-state index contributed by atoms with van der Waals surface area (Å²) in [4.78, 5) is 12.1. The second kappa shape index (κ2) is 6.87. The van der Waals surface area contributed by atoms with Crippen molar-refractivity contribution in [3.63, 3.8) is 0 Å². The van der Waals surface area contributed by atoms with Crippen molar-refractivity contribution in [2.24, 2.45) is 0 Å². The SMILES string of the molecule is COC(C)C(=O)NC(c1ccccc1)c1ccccc1. The fraction of sp³-hybridized carbons (Fsp3) is 0.235. The number of carbonyl (C=O) groups is 1. The van der Waals surface area contributed by atoms with Gasteiger partial charge in [0.1, 0.15) is 6.10 Å². The molecule has 0 saturated heterocycles. The topological polar surface area (TPSA) is 38.3 Å². The molecule has 0 radical (unpaired) electrons. The van der Waals surface area contributed by atoms with Gasteiger partial charge in [-0.1, -0.05) is 60.7 Å². The van der Waals surface area contributed by atoms with Crippen molar-refractivity contribution in [3.05, 3.63) is 71.8 Å². The van der Waals surface area contributed by atoms with Gasteiger partial charge in [0.2, 0.25) is 5.91 Å². The highest BCUT2D eigenvalue weighted by molar-refractivity contribution is 5.81. The van der Waals surface area contributed by atoms with Crippen LogP contribution in [0.5, 0.6) is 0 Å². The number of hydrogen-bond donors (Lipinski definition) is 1. The van der Waals surface area contributed by atoms with E-state index in [1.807, 2.05) is 60.7 Å². The van der Waals surface area contributed by atoms with Gasteiger partial charge in [-0.2, -0.15) is 0 Å². The monoisotopic (exact) mass is 269 g/mol. The van der Waals surface area contributed by atoms with E-state index < -0.39 is 6.10 Å². The molecule has 0 saturated carbocycles. The van der Waals surface area contributed by atoms with Crippen LogP contribution in [0, 0.1) is 0 Å². The summed E-state index contributed by atoms with van der Waals surface area (Å²) in [7, 11) is 1.53. The lowest BCUT2D eigenvalue weighted by atomic mass is 9.98. The van der Waals surface area contributed by atoms with Crippen LogP contribution in [0.15, 0.2) is 60.7 Å². The van der Waals surface area contributed by atoms with Crippen molar-refractivity contribution in [1.82, 2.24) is 5.32 Å². The Hall–Kier alpha value is -2.13. The minimum Gasteiger partial charge on any atom is -0.372 e. The maximum absolute atomic E-state index is 12.1. The van der Waals surface area contributed by atoms with Crippen molar-refractivity contribution < 1.29 is 9.53 Å². The van der Waals surface area contributed by atoms with Gasteiger partial charge in [0.05, 0.1) is 6.04 Å². The Morgan fingerprint density at radius 2 is 1.40 bits per heavy atom. The minimum atomic E-state index is -0.468. The first-order valence-corrected chi connectivity index (χ1v) is 6.65. The number of ether oxygens (including phenoxy) is 1. The summed E-state index contributed by atoms with van der Waals surface area (Å²) in [6, 6.07) is 19.7. The van der Waals surface area contributed by atoms with Crippen LogP contribution in [0.2, 0.25) is 0 Å². The molecule has 2 aromatic carbocycles. The highest BCUT2D eigenvalue weighted by atomic mass is 16.5. The van der Waals surface area contributed by atoms with Gasteiger partial charge in [-0.3, -0.25) is 4.79 Å². The molecule has 20 heavy (non-hydrogen) atoms.